The average molecular weight is 407 g/mol. The molecule has 1 aromatic carbocycles. The maximum atomic E-state index is 12.6. The predicted molar refractivity (Wildman–Crippen MR) is 104 cm³/mol. The van der Waals surface area contributed by atoms with Gasteiger partial charge in [0.05, 0.1) is 0 Å². The summed E-state index contributed by atoms with van der Waals surface area (Å²) in [5, 5.41) is 21.7. The average Bonchev–Trinajstić information content (AvgIpc) is 2.60. The summed E-state index contributed by atoms with van der Waals surface area (Å²) in [6, 6.07) is 1.58. The van der Waals surface area contributed by atoms with Gasteiger partial charge in [0.15, 0.2) is 0 Å². The highest BCUT2D eigenvalue weighted by Gasteiger charge is 2.25. The van der Waals surface area contributed by atoms with Gasteiger partial charge in [-0.1, -0.05) is 0 Å². The second-order valence-electron chi connectivity index (χ2n) is 6.41. The zero-order valence-corrected chi connectivity index (χ0v) is 15.9. The van der Waals surface area contributed by atoms with E-state index in [9.17, 15) is 29.4 Å². The van der Waals surface area contributed by atoms with Crippen LogP contribution in [0.5, 0.6) is 11.5 Å². The number of phenols is 2. The van der Waals surface area contributed by atoms with Crippen LogP contribution in [-0.4, -0.2) is 51.6 Å². The smallest absolute Gasteiger partial charge is 0.245 e. The van der Waals surface area contributed by atoms with E-state index in [0.29, 0.717) is 0 Å². The number of hydrogen-bond acceptors (Lipinski definition) is 7. The Labute approximate surface area is 167 Å². The third kappa shape index (κ3) is 7.87. The summed E-state index contributed by atoms with van der Waals surface area (Å²) in [6.07, 6.45) is -0.457. The molecule has 0 heterocycles. The van der Waals surface area contributed by atoms with Gasteiger partial charge in [-0.2, -0.15) is 0 Å². The van der Waals surface area contributed by atoms with Crippen molar-refractivity contribution in [3.63, 3.8) is 0 Å². The van der Waals surface area contributed by atoms with Gasteiger partial charge in [0, 0.05) is 30.2 Å². The summed E-state index contributed by atoms with van der Waals surface area (Å²) < 4.78 is 0. The van der Waals surface area contributed by atoms with Crippen molar-refractivity contribution in [3.05, 3.63) is 23.8 Å². The molecule has 1 aromatic rings. The summed E-state index contributed by atoms with van der Waals surface area (Å²) in [6.45, 7) is 1.52. The summed E-state index contributed by atoms with van der Waals surface area (Å²) >= 11 is 0. The molecule has 0 aliphatic rings. The highest BCUT2D eigenvalue weighted by Crippen LogP contribution is 2.23. The molecular weight excluding hydrogens is 382 g/mol. The minimum absolute atomic E-state index is 0.0569. The van der Waals surface area contributed by atoms with E-state index in [0.717, 1.165) is 6.07 Å². The lowest BCUT2D eigenvalue weighted by molar-refractivity contribution is -0.129. The molecule has 0 saturated heterocycles. The molecule has 0 radical (unpaired) electrons. The Bertz CT molecular complexity index is 823. The Morgan fingerprint density at radius 1 is 1.03 bits per heavy atom. The van der Waals surface area contributed by atoms with E-state index in [-0.39, 0.29) is 48.5 Å². The number of hydrogen-bond donors (Lipinski definition) is 6. The molecule has 1 rings (SSSR count). The van der Waals surface area contributed by atoms with Crippen LogP contribution in [0.15, 0.2) is 23.2 Å². The van der Waals surface area contributed by atoms with Gasteiger partial charge < -0.3 is 32.7 Å². The quantitative estimate of drug-likeness (QED) is 0.247. The maximum Gasteiger partial charge on any atom is 0.245 e. The number of aromatic hydroxyl groups is 2. The molecule has 0 aromatic heterocycles. The molecule has 0 aliphatic heterocycles. The number of aliphatic imine (C=N–C) groups is 1. The topological polar surface area (TPSA) is 211 Å². The summed E-state index contributed by atoms with van der Waals surface area (Å²) in [5.74, 6) is -3.28. The van der Waals surface area contributed by atoms with Gasteiger partial charge in [-0.3, -0.25) is 24.2 Å². The number of rotatable bonds is 11. The number of benzene rings is 1. The zero-order valence-electron chi connectivity index (χ0n) is 15.9. The van der Waals surface area contributed by atoms with Gasteiger partial charge in [-0.05, 0) is 31.9 Å². The lowest BCUT2D eigenvalue weighted by Gasteiger charge is -2.19. The van der Waals surface area contributed by atoms with Crippen LogP contribution in [0.4, 0.5) is 0 Å². The number of carbonyl (C=O) groups is 4. The first-order chi connectivity index (χ1) is 13.5. The van der Waals surface area contributed by atoms with Crippen molar-refractivity contribution in [1.29, 1.82) is 0 Å². The van der Waals surface area contributed by atoms with E-state index in [4.69, 9.17) is 17.2 Å². The number of phenolic OH excluding ortho intramolecular Hbond substituents is 2. The minimum atomic E-state index is -1.15. The summed E-state index contributed by atoms with van der Waals surface area (Å²) in [5.41, 5.74) is 16.0. The van der Waals surface area contributed by atoms with Gasteiger partial charge in [0.2, 0.25) is 23.6 Å². The molecule has 158 valence electrons. The molecular formula is C18H25N5O6. The molecule has 11 heteroatoms. The van der Waals surface area contributed by atoms with Crippen LogP contribution in [0, 0.1) is 0 Å². The van der Waals surface area contributed by atoms with Crippen molar-refractivity contribution in [3.8, 4) is 11.5 Å². The van der Waals surface area contributed by atoms with Crippen LogP contribution >= 0.6 is 0 Å². The fraction of sp³-hybridized carbons (Fsp3) is 0.389. The molecule has 0 bridgehead atoms. The van der Waals surface area contributed by atoms with Gasteiger partial charge in [-0.15, -0.1) is 0 Å². The van der Waals surface area contributed by atoms with Crippen molar-refractivity contribution in [2.24, 2.45) is 22.2 Å². The fourth-order valence-corrected chi connectivity index (χ4v) is 2.50. The summed E-state index contributed by atoms with van der Waals surface area (Å²) in [4.78, 5) is 50.5. The second kappa shape index (κ2) is 10.6. The number of carbonyl (C=O) groups excluding carboxylic acids is 4. The van der Waals surface area contributed by atoms with Crippen molar-refractivity contribution in [2.45, 2.75) is 44.7 Å². The van der Waals surface area contributed by atoms with E-state index in [1.807, 2.05) is 0 Å². The van der Waals surface area contributed by atoms with Gasteiger partial charge >= 0.3 is 0 Å². The van der Waals surface area contributed by atoms with Crippen LogP contribution in [0.2, 0.25) is 0 Å². The Kier molecular flexibility index (Phi) is 8.59. The Balaban J connectivity index is 3.08. The van der Waals surface area contributed by atoms with Crippen LogP contribution in [0.1, 0.15) is 38.2 Å². The lowest BCUT2D eigenvalue weighted by Crippen LogP contribution is -2.48. The minimum Gasteiger partial charge on any atom is -0.508 e. The third-order valence-corrected chi connectivity index (χ3v) is 4.03. The monoisotopic (exact) mass is 407 g/mol. The van der Waals surface area contributed by atoms with Crippen LogP contribution in [-0.2, 0) is 19.2 Å². The van der Waals surface area contributed by atoms with Crippen molar-refractivity contribution >= 4 is 29.3 Å². The molecule has 2 unspecified atom stereocenters. The molecule has 29 heavy (non-hydrogen) atoms. The largest absolute Gasteiger partial charge is 0.508 e. The molecule has 2 atom stereocenters. The maximum absolute atomic E-state index is 12.6. The SMILES string of the molecule is CC(=NC(CCC(N)=O)C(=O)NC(CCC(N)=O)C(N)=O)c1ccc(O)cc1O. The lowest BCUT2D eigenvalue weighted by atomic mass is 10.1. The van der Waals surface area contributed by atoms with Gasteiger partial charge in [0.1, 0.15) is 23.6 Å². The zero-order chi connectivity index (χ0) is 22.1. The van der Waals surface area contributed by atoms with E-state index in [1.165, 1.54) is 19.1 Å². The number of amides is 4. The standard InChI is InChI=1S/C18H25N5O6/c1-9(11-3-2-10(24)8-14(11)25)22-13(5-7-16(20)27)18(29)23-12(17(21)28)4-6-15(19)26/h2-3,8,12-13,24-25H,4-7H2,1H3,(H2,19,26)(H2,20,27)(H2,21,28)(H,23,29). The molecule has 4 amide bonds. The van der Waals surface area contributed by atoms with E-state index in [1.54, 1.807) is 0 Å². The second-order valence-corrected chi connectivity index (χ2v) is 6.41. The first kappa shape index (κ1) is 23.4. The van der Waals surface area contributed by atoms with Gasteiger partial charge in [0.25, 0.3) is 0 Å². The number of nitrogens with zero attached hydrogens (tertiary/aromatic N) is 1. The molecule has 0 saturated carbocycles. The van der Waals surface area contributed by atoms with E-state index in [2.05, 4.69) is 10.3 Å². The predicted octanol–water partition coefficient (Wildman–Crippen LogP) is -1.22. The van der Waals surface area contributed by atoms with Gasteiger partial charge in [-0.25, -0.2) is 0 Å². The molecule has 0 fully saturated rings. The van der Waals surface area contributed by atoms with E-state index >= 15 is 0 Å². The first-order valence-corrected chi connectivity index (χ1v) is 8.74. The van der Waals surface area contributed by atoms with Crippen LogP contribution in [0.25, 0.3) is 0 Å². The highest BCUT2D eigenvalue weighted by molar-refractivity contribution is 6.02. The van der Waals surface area contributed by atoms with E-state index < -0.39 is 35.7 Å². The van der Waals surface area contributed by atoms with Crippen molar-refractivity contribution in [2.75, 3.05) is 0 Å². The summed E-state index contributed by atoms with van der Waals surface area (Å²) in [7, 11) is 0. The van der Waals surface area contributed by atoms with Crippen molar-refractivity contribution in [1.82, 2.24) is 5.32 Å². The Morgan fingerprint density at radius 2 is 1.62 bits per heavy atom. The first-order valence-electron chi connectivity index (χ1n) is 8.74. The highest BCUT2D eigenvalue weighted by atomic mass is 16.3. The third-order valence-electron chi connectivity index (χ3n) is 4.03. The Hall–Kier alpha value is -3.63. The molecule has 0 aliphatic carbocycles. The van der Waals surface area contributed by atoms with Crippen LogP contribution < -0.4 is 22.5 Å². The molecule has 11 nitrogen and oxygen atoms in total. The normalized spacial score (nSPS) is 13.3. The number of nitrogens with one attached hydrogen (secondary N) is 1. The number of nitrogens with two attached hydrogens (primary N) is 3. The Morgan fingerprint density at radius 3 is 2.14 bits per heavy atom. The van der Waals surface area contributed by atoms with Crippen molar-refractivity contribution < 1.29 is 29.4 Å². The number of primary amides is 3. The molecule has 9 N–H and O–H groups in total. The molecule has 0 spiro atoms. The fourth-order valence-electron chi connectivity index (χ4n) is 2.50. The van der Waals surface area contributed by atoms with Crippen LogP contribution in [0.3, 0.4) is 0 Å².